The molecule has 0 spiro atoms. The first-order valence-electron chi connectivity index (χ1n) is 4.65. The van der Waals surface area contributed by atoms with Crippen LogP contribution in [0.2, 0.25) is 0 Å². The molecule has 0 saturated heterocycles. The third kappa shape index (κ3) is 8.12. The van der Waals surface area contributed by atoms with Crippen molar-refractivity contribution in [1.29, 1.82) is 0 Å². The van der Waals surface area contributed by atoms with Gasteiger partial charge in [0.2, 0.25) is 0 Å². The van der Waals surface area contributed by atoms with Crippen LogP contribution in [0.3, 0.4) is 0 Å². The smallest absolute Gasteiger partial charge is 0.142 e. The van der Waals surface area contributed by atoms with Gasteiger partial charge in [-0.15, -0.1) is 0 Å². The Kier molecular flexibility index (Phi) is 6.54. The monoisotopic (exact) mass is 188 g/mol. The molecule has 0 atom stereocenters. The van der Waals surface area contributed by atoms with Crippen LogP contribution in [-0.4, -0.2) is 16.8 Å². The lowest BCUT2D eigenvalue weighted by Crippen LogP contribution is -2.05. The molecule has 2 heteroatoms. The highest BCUT2D eigenvalue weighted by Crippen LogP contribution is 2.11. The highest BCUT2D eigenvalue weighted by molar-refractivity contribution is 8.00. The van der Waals surface area contributed by atoms with Crippen molar-refractivity contribution >= 4 is 17.5 Å². The Balaban J connectivity index is 3.34. The third-order valence-electron chi connectivity index (χ3n) is 1.58. The summed E-state index contributed by atoms with van der Waals surface area (Å²) >= 11 is 1.74. The zero-order valence-corrected chi connectivity index (χ0v) is 9.41. The molecule has 0 aromatic rings. The van der Waals surface area contributed by atoms with Crippen molar-refractivity contribution < 1.29 is 4.79 Å². The van der Waals surface area contributed by atoms with Gasteiger partial charge in [0, 0.05) is 6.42 Å². The molecule has 0 unspecified atom stereocenters. The first-order valence-corrected chi connectivity index (χ1v) is 5.70. The fourth-order valence-electron chi connectivity index (χ4n) is 0.781. The second-order valence-corrected chi connectivity index (χ2v) is 5.40. The summed E-state index contributed by atoms with van der Waals surface area (Å²) in [4.78, 5) is 11.2. The fraction of sp³-hybridized carbons (Fsp3) is 0.900. The van der Waals surface area contributed by atoms with Crippen molar-refractivity contribution in [3.8, 4) is 0 Å². The first kappa shape index (κ1) is 12.0. The molecule has 0 rings (SSSR count). The van der Waals surface area contributed by atoms with Crippen molar-refractivity contribution in [3.63, 3.8) is 0 Å². The topological polar surface area (TPSA) is 17.1 Å². The number of carbonyl (C=O) groups excluding carboxylic acids is 1. The summed E-state index contributed by atoms with van der Waals surface area (Å²) < 4.78 is 0. The van der Waals surface area contributed by atoms with Gasteiger partial charge < -0.3 is 0 Å². The van der Waals surface area contributed by atoms with E-state index in [-0.39, 0.29) is 0 Å². The van der Waals surface area contributed by atoms with Crippen molar-refractivity contribution in [2.45, 2.75) is 45.8 Å². The summed E-state index contributed by atoms with van der Waals surface area (Å²) in [6.45, 7) is 8.56. The molecule has 0 aliphatic rings. The maximum Gasteiger partial charge on any atom is 0.142 e. The second kappa shape index (κ2) is 6.53. The molecule has 0 N–H and O–H groups in total. The van der Waals surface area contributed by atoms with Crippen molar-refractivity contribution in [3.05, 3.63) is 0 Å². The minimum atomic E-state index is 0.405. The zero-order chi connectivity index (χ0) is 9.56. The highest BCUT2D eigenvalue weighted by atomic mass is 32.2. The van der Waals surface area contributed by atoms with Gasteiger partial charge in [-0.2, -0.15) is 11.8 Å². The van der Waals surface area contributed by atoms with Gasteiger partial charge >= 0.3 is 0 Å². The largest absolute Gasteiger partial charge is 0.299 e. The van der Waals surface area contributed by atoms with Crippen LogP contribution < -0.4 is 0 Å². The average molecular weight is 188 g/mol. The summed E-state index contributed by atoms with van der Waals surface area (Å²) in [5, 5.41) is 0.577. The Labute approximate surface area is 80.3 Å². The quantitative estimate of drug-likeness (QED) is 0.637. The summed E-state index contributed by atoms with van der Waals surface area (Å²) in [6.07, 6.45) is 1.80. The Morgan fingerprint density at radius 1 is 1.25 bits per heavy atom. The minimum Gasteiger partial charge on any atom is -0.299 e. The molecule has 1 nitrogen and oxygen atoms in total. The van der Waals surface area contributed by atoms with Gasteiger partial charge in [0.05, 0.1) is 5.75 Å². The zero-order valence-electron chi connectivity index (χ0n) is 8.59. The molecule has 0 radical (unpaired) electrons. The molecule has 0 aliphatic heterocycles. The van der Waals surface area contributed by atoms with E-state index in [1.165, 1.54) is 0 Å². The summed E-state index contributed by atoms with van der Waals surface area (Å²) in [6, 6.07) is 0. The number of rotatable bonds is 6. The van der Waals surface area contributed by atoms with E-state index in [1.54, 1.807) is 11.8 Å². The third-order valence-corrected chi connectivity index (χ3v) is 2.73. The molecule has 72 valence electrons. The Morgan fingerprint density at radius 2 is 1.83 bits per heavy atom. The molecule has 0 fully saturated rings. The van der Waals surface area contributed by atoms with Gasteiger partial charge in [-0.05, 0) is 17.6 Å². The van der Waals surface area contributed by atoms with Crippen molar-refractivity contribution in [1.82, 2.24) is 0 Å². The maximum atomic E-state index is 11.2. The predicted molar refractivity (Wildman–Crippen MR) is 56.7 cm³/mol. The van der Waals surface area contributed by atoms with E-state index in [0.717, 1.165) is 12.8 Å². The van der Waals surface area contributed by atoms with Gasteiger partial charge in [0.15, 0.2) is 0 Å². The number of ketones is 1. The highest BCUT2D eigenvalue weighted by Gasteiger charge is 2.04. The minimum absolute atomic E-state index is 0.405. The molecule has 0 bridgehead atoms. The molecule has 12 heavy (non-hydrogen) atoms. The van der Waals surface area contributed by atoms with E-state index >= 15 is 0 Å². The van der Waals surface area contributed by atoms with E-state index in [1.807, 2.05) is 0 Å². The van der Waals surface area contributed by atoms with Crippen LogP contribution in [0.4, 0.5) is 0 Å². The van der Waals surface area contributed by atoms with Gasteiger partial charge in [-0.1, -0.05) is 27.7 Å². The number of hydrogen-bond donors (Lipinski definition) is 0. The van der Waals surface area contributed by atoms with Crippen molar-refractivity contribution in [2.24, 2.45) is 5.92 Å². The molecular formula is C10H20OS. The van der Waals surface area contributed by atoms with E-state index in [0.29, 0.717) is 22.7 Å². The fourth-order valence-corrected chi connectivity index (χ4v) is 1.45. The van der Waals surface area contributed by atoms with Crippen LogP contribution >= 0.6 is 11.8 Å². The summed E-state index contributed by atoms with van der Waals surface area (Å²) in [5.41, 5.74) is 0. The van der Waals surface area contributed by atoms with Crippen LogP contribution in [0.15, 0.2) is 0 Å². The number of carbonyl (C=O) groups is 1. The Morgan fingerprint density at radius 3 is 2.25 bits per heavy atom. The van der Waals surface area contributed by atoms with Crippen LogP contribution in [0.25, 0.3) is 0 Å². The van der Waals surface area contributed by atoms with Crippen molar-refractivity contribution in [2.75, 3.05) is 5.75 Å². The number of hydrogen-bond acceptors (Lipinski definition) is 2. The molecule has 0 aromatic heterocycles. The van der Waals surface area contributed by atoms with Gasteiger partial charge in [-0.25, -0.2) is 0 Å². The van der Waals surface area contributed by atoms with Crippen LogP contribution in [0.5, 0.6) is 0 Å². The van der Waals surface area contributed by atoms with Gasteiger partial charge in [0.25, 0.3) is 0 Å². The maximum absolute atomic E-state index is 11.2. The van der Waals surface area contributed by atoms with Crippen LogP contribution in [-0.2, 0) is 4.79 Å². The normalized spacial score (nSPS) is 11.2. The summed E-state index contributed by atoms with van der Waals surface area (Å²) in [7, 11) is 0. The van der Waals surface area contributed by atoms with E-state index in [2.05, 4.69) is 27.7 Å². The van der Waals surface area contributed by atoms with Crippen LogP contribution in [0, 0.1) is 5.92 Å². The Hall–Kier alpha value is 0.0200. The standard InChI is InChI=1S/C10H20OS/c1-8(2)5-6-10(11)7-12-9(3)4/h8-9H,5-7H2,1-4H3. The summed E-state index contributed by atoms with van der Waals surface area (Å²) in [5.74, 6) is 1.75. The van der Waals surface area contributed by atoms with E-state index in [9.17, 15) is 4.79 Å². The van der Waals surface area contributed by atoms with E-state index in [4.69, 9.17) is 0 Å². The predicted octanol–water partition coefficient (Wildman–Crippen LogP) is 3.13. The van der Waals surface area contributed by atoms with Gasteiger partial charge in [0.1, 0.15) is 5.78 Å². The number of Topliss-reactive ketones (excluding diaryl/α,β-unsaturated/α-hetero) is 1. The SMILES string of the molecule is CC(C)CCC(=O)CSC(C)C. The first-order chi connectivity index (χ1) is 5.52. The van der Waals surface area contributed by atoms with Gasteiger partial charge in [-0.3, -0.25) is 4.79 Å². The second-order valence-electron chi connectivity index (χ2n) is 3.83. The lowest BCUT2D eigenvalue weighted by Gasteiger charge is -2.05. The van der Waals surface area contributed by atoms with E-state index < -0.39 is 0 Å². The lowest BCUT2D eigenvalue weighted by molar-refractivity contribution is -0.116. The molecule has 0 amide bonds. The molecule has 0 aliphatic carbocycles. The lowest BCUT2D eigenvalue weighted by atomic mass is 10.1. The van der Waals surface area contributed by atoms with Crippen LogP contribution in [0.1, 0.15) is 40.5 Å². The molecule has 0 heterocycles. The number of thioether (sulfide) groups is 1. The average Bonchev–Trinajstić information content (AvgIpc) is 1.96. The Bertz CT molecular complexity index is 116. The molecule has 0 aromatic carbocycles. The molecular weight excluding hydrogens is 168 g/mol. The molecule has 0 saturated carbocycles.